The summed E-state index contributed by atoms with van der Waals surface area (Å²) in [5.74, 6) is -0.709. The number of nitrogens with zero attached hydrogens (tertiary/aromatic N) is 1. The molecule has 0 aliphatic rings. The van der Waals surface area contributed by atoms with Gasteiger partial charge in [0.2, 0.25) is 5.91 Å². The molecule has 0 saturated carbocycles. The molecule has 5 heteroatoms. The molecule has 18 heavy (non-hydrogen) atoms. The molecule has 0 fully saturated rings. The number of amides is 1. The zero-order chi connectivity index (χ0) is 13.4. The Morgan fingerprint density at radius 3 is 2.89 bits per heavy atom. The highest BCUT2D eigenvalue weighted by molar-refractivity contribution is 6.31. The number of carbonyl (C=O) groups excluding carboxylic acids is 1. The van der Waals surface area contributed by atoms with E-state index in [1.165, 1.54) is 0 Å². The van der Waals surface area contributed by atoms with Gasteiger partial charge in [-0.15, -0.1) is 0 Å². The smallest absolute Gasteiger partial charge is 0.221 e. The van der Waals surface area contributed by atoms with E-state index in [-0.39, 0.29) is 12.3 Å². The Balaban J connectivity index is 2.61. The van der Waals surface area contributed by atoms with E-state index >= 15 is 0 Å². The number of carbonyl (C=O) groups is 1. The van der Waals surface area contributed by atoms with E-state index in [1.54, 1.807) is 31.4 Å². The maximum atomic E-state index is 11.6. The van der Waals surface area contributed by atoms with Crippen molar-refractivity contribution in [3.63, 3.8) is 0 Å². The SMILES string of the molecule is COCCNC(=O)CC(C#N)c1ccccc1Cl. The van der Waals surface area contributed by atoms with Crippen LogP contribution in [-0.4, -0.2) is 26.2 Å². The van der Waals surface area contributed by atoms with Crippen LogP contribution in [0.5, 0.6) is 0 Å². The lowest BCUT2D eigenvalue weighted by atomic mass is 9.97. The van der Waals surface area contributed by atoms with Crippen molar-refractivity contribution in [3.8, 4) is 6.07 Å². The predicted octanol–water partition coefficient (Wildman–Crippen LogP) is 2.10. The maximum Gasteiger partial charge on any atom is 0.221 e. The molecule has 1 N–H and O–H groups in total. The van der Waals surface area contributed by atoms with Crippen LogP contribution in [-0.2, 0) is 9.53 Å². The molecule has 0 spiro atoms. The minimum absolute atomic E-state index is 0.101. The largest absolute Gasteiger partial charge is 0.383 e. The molecule has 0 bridgehead atoms. The normalized spacial score (nSPS) is 11.6. The van der Waals surface area contributed by atoms with Crippen molar-refractivity contribution >= 4 is 17.5 Å². The summed E-state index contributed by atoms with van der Waals surface area (Å²) in [6.45, 7) is 0.894. The average molecular weight is 267 g/mol. The van der Waals surface area contributed by atoms with Gasteiger partial charge in [0.25, 0.3) is 0 Å². The fourth-order valence-electron chi connectivity index (χ4n) is 1.53. The van der Waals surface area contributed by atoms with Gasteiger partial charge in [-0.1, -0.05) is 29.8 Å². The van der Waals surface area contributed by atoms with E-state index in [4.69, 9.17) is 21.6 Å². The molecular formula is C13H15ClN2O2. The number of halogens is 1. The van der Waals surface area contributed by atoms with Crippen LogP contribution in [0.25, 0.3) is 0 Å². The number of hydrogen-bond donors (Lipinski definition) is 1. The number of methoxy groups -OCH3 is 1. The molecule has 1 unspecified atom stereocenters. The summed E-state index contributed by atoms with van der Waals surface area (Å²) in [5, 5.41) is 12.3. The monoisotopic (exact) mass is 266 g/mol. The van der Waals surface area contributed by atoms with Crippen LogP contribution in [0.3, 0.4) is 0 Å². The van der Waals surface area contributed by atoms with Gasteiger partial charge in [0.15, 0.2) is 0 Å². The molecule has 1 aromatic carbocycles. The quantitative estimate of drug-likeness (QED) is 0.802. The second-order valence-electron chi connectivity index (χ2n) is 3.75. The van der Waals surface area contributed by atoms with Crippen molar-refractivity contribution in [3.05, 3.63) is 34.9 Å². The molecular weight excluding hydrogens is 252 g/mol. The Labute approximate surface area is 112 Å². The molecule has 0 aliphatic carbocycles. The Hall–Kier alpha value is -1.57. The number of rotatable bonds is 6. The lowest BCUT2D eigenvalue weighted by molar-refractivity contribution is -0.121. The van der Waals surface area contributed by atoms with Gasteiger partial charge >= 0.3 is 0 Å². The zero-order valence-corrected chi connectivity index (χ0v) is 10.9. The van der Waals surface area contributed by atoms with Gasteiger partial charge in [-0.05, 0) is 11.6 Å². The second kappa shape index (κ2) is 7.70. The van der Waals surface area contributed by atoms with Crippen LogP contribution in [0.2, 0.25) is 5.02 Å². The Bertz CT molecular complexity index is 443. The van der Waals surface area contributed by atoms with Crippen molar-refractivity contribution in [2.75, 3.05) is 20.3 Å². The highest BCUT2D eigenvalue weighted by Gasteiger charge is 2.17. The highest BCUT2D eigenvalue weighted by Crippen LogP contribution is 2.26. The fourth-order valence-corrected chi connectivity index (χ4v) is 1.80. The summed E-state index contributed by atoms with van der Waals surface area (Å²) >= 11 is 6.01. The zero-order valence-electron chi connectivity index (χ0n) is 10.1. The minimum Gasteiger partial charge on any atom is -0.383 e. The molecule has 0 aromatic heterocycles. The van der Waals surface area contributed by atoms with E-state index < -0.39 is 5.92 Å². The average Bonchev–Trinajstić information content (AvgIpc) is 2.37. The number of hydrogen-bond acceptors (Lipinski definition) is 3. The molecule has 1 amide bonds. The summed E-state index contributed by atoms with van der Waals surface area (Å²) < 4.78 is 4.83. The van der Waals surface area contributed by atoms with Crippen molar-refractivity contribution in [1.82, 2.24) is 5.32 Å². The minimum atomic E-state index is -0.527. The van der Waals surface area contributed by atoms with Crippen LogP contribution >= 0.6 is 11.6 Å². The number of nitrogens with one attached hydrogen (secondary N) is 1. The van der Waals surface area contributed by atoms with Crippen LogP contribution in [0.15, 0.2) is 24.3 Å². The molecule has 0 heterocycles. The first-order chi connectivity index (χ1) is 8.69. The standard InChI is InChI=1S/C13H15ClN2O2/c1-18-7-6-16-13(17)8-10(9-15)11-4-2-3-5-12(11)14/h2-5,10H,6-8H2,1H3,(H,16,17). The molecule has 4 nitrogen and oxygen atoms in total. The summed E-state index contributed by atoms with van der Waals surface area (Å²) in [6.07, 6.45) is 0.101. The van der Waals surface area contributed by atoms with Crippen molar-refractivity contribution in [2.45, 2.75) is 12.3 Å². The van der Waals surface area contributed by atoms with E-state index in [9.17, 15) is 4.79 Å². The molecule has 1 atom stereocenters. The lowest BCUT2D eigenvalue weighted by Crippen LogP contribution is -2.28. The van der Waals surface area contributed by atoms with Gasteiger partial charge < -0.3 is 10.1 Å². The van der Waals surface area contributed by atoms with Crippen LogP contribution in [0.4, 0.5) is 0 Å². The van der Waals surface area contributed by atoms with E-state index in [0.717, 1.165) is 0 Å². The number of nitriles is 1. The third-order valence-electron chi connectivity index (χ3n) is 2.45. The van der Waals surface area contributed by atoms with Crippen molar-refractivity contribution in [1.29, 1.82) is 5.26 Å². The molecule has 0 radical (unpaired) electrons. The molecule has 0 aliphatic heterocycles. The third-order valence-corrected chi connectivity index (χ3v) is 2.80. The maximum absolute atomic E-state index is 11.6. The first-order valence-electron chi connectivity index (χ1n) is 5.58. The third kappa shape index (κ3) is 4.36. The summed E-state index contributed by atoms with van der Waals surface area (Å²) in [4.78, 5) is 11.6. The van der Waals surface area contributed by atoms with Crippen LogP contribution in [0.1, 0.15) is 17.9 Å². The van der Waals surface area contributed by atoms with Gasteiger partial charge in [-0.3, -0.25) is 4.79 Å². The fraction of sp³-hybridized carbons (Fsp3) is 0.385. The van der Waals surface area contributed by atoms with Gasteiger partial charge in [-0.2, -0.15) is 5.26 Å². The second-order valence-corrected chi connectivity index (χ2v) is 4.16. The summed E-state index contributed by atoms with van der Waals surface area (Å²) in [6, 6.07) is 9.17. The van der Waals surface area contributed by atoms with Crippen LogP contribution in [0, 0.1) is 11.3 Å². The number of ether oxygens (including phenoxy) is 1. The van der Waals surface area contributed by atoms with Gasteiger partial charge in [0.05, 0.1) is 18.6 Å². The predicted molar refractivity (Wildman–Crippen MR) is 69.3 cm³/mol. The van der Waals surface area contributed by atoms with Crippen molar-refractivity contribution < 1.29 is 9.53 Å². The Kier molecular flexibility index (Phi) is 6.20. The van der Waals surface area contributed by atoms with E-state index in [0.29, 0.717) is 23.7 Å². The van der Waals surface area contributed by atoms with Gasteiger partial charge in [0, 0.05) is 25.1 Å². The van der Waals surface area contributed by atoms with Gasteiger partial charge in [0.1, 0.15) is 0 Å². The summed E-state index contributed by atoms with van der Waals surface area (Å²) in [5.41, 5.74) is 0.684. The number of benzene rings is 1. The Morgan fingerprint density at radius 2 is 2.28 bits per heavy atom. The van der Waals surface area contributed by atoms with Crippen LogP contribution < -0.4 is 5.32 Å². The topological polar surface area (TPSA) is 62.1 Å². The highest BCUT2D eigenvalue weighted by atomic mass is 35.5. The summed E-state index contributed by atoms with van der Waals surface area (Å²) in [7, 11) is 1.56. The molecule has 1 aromatic rings. The first-order valence-corrected chi connectivity index (χ1v) is 5.96. The van der Waals surface area contributed by atoms with E-state index in [1.807, 2.05) is 0 Å². The molecule has 1 rings (SSSR count). The first kappa shape index (κ1) is 14.5. The Morgan fingerprint density at radius 1 is 1.56 bits per heavy atom. The van der Waals surface area contributed by atoms with Gasteiger partial charge in [-0.25, -0.2) is 0 Å². The van der Waals surface area contributed by atoms with Crippen molar-refractivity contribution in [2.24, 2.45) is 0 Å². The molecule has 0 saturated heterocycles. The lowest BCUT2D eigenvalue weighted by Gasteiger charge is -2.11. The van der Waals surface area contributed by atoms with E-state index in [2.05, 4.69) is 11.4 Å². The molecule has 96 valence electrons.